The summed E-state index contributed by atoms with van der Waals surface area (Å²) in [7, 11) is 0. The summed E-state index contributed by atoms with van der Waals surface area (Å²) in [6.07, 6.45) is 20.2. The van der Waals surface area contributed by atoms with Crippen molar-refractivity contribution in [3.8, 4) is 0 Å². The van der Waals surface area contributed by atoms with E-state index in [4.69, 9.17) is 0 Å². The van der Waals surface area contributed by atoms with Gasteiger partial charge < -0.3 is 0 Å². The minimum Gasteiger partial charge on any atom is -0.286 e. The standard InChI is InChI=1S/C32H55FN8.Cr/c33-23-15-7-14-22-24(23)32-40-30-21-13-6-5-12-20(21)28(38-30)36-26-17-9-2-1-8-16(17)25(34-26)35-27-18-10-3-4-11-19(18)29(37-27)39-31(22)41-32;/h16-32,34-41H,1-15H2;. The van der Waals surface area contributed by atoms with Gasteiger partial charge in [-0.05, 0) is 92.8 Å². The second-order valence-electron chi connectivity index (χ2n) is 15.7. The molecule has 9 fully saturated rings. The first kappa shape index (κ1) is 29.5. The monoisotopic (exact) mass is 622 g/mol. The molecule has 0 spiro atoms. The van der Waals surface area contributed by atoms with Gasteiger partial charge in [-0.15, -0.1) is 0 Å². The molecule has 0 aromatic rings. The SMILES string of the molecule is FC1CCCC2C3NC4NC(NC5NC(NC6NC(NC(N3)C12)C1CCCCC61)C1CCCCC51)C1CCCCC41.[Cr]. The van der Waals surface area contributed by atoms with Gasteiger partial charge >= 0.3 is 0 Å². The van der Waals surface area contributed by atoms with Crippen molar-refractivity contribution in [3.63, 3.8) is 0 Å². The van der Waals surface area contributed by atoms with Crippen molar-refractivity contribution < 1.29 is 21.8 Å². The van der Waals surface area contributed by atoms with Crippen molar-refractivity contribution >= 4 is 0 Å². The zero-order valence-electron chi connectivity index (χ0n) is 25.2. The van der Waals surface area contributed by atoms with Crippen LogP contribution in [0.3, 0.4) is 0 Å². The Kier molecular flexibility index (Phi) is 8.48. The maximum Gasteiger partial charge on any atom is 0.106 e. The third-order valence-corrected chi connectivity index (χ3v) is 13.8. The molecule has 17 atom stereocenters. The zero-order chi connectivity index (χ0) is 27.1. The Labute approximate surface area is 262 Å². The Morgan fingerprint density at radius 3 is 0.905 bits per heavy atom. The summed E-state index contributed by atoms with van der Waals surface area (Å²) in [5.41, 5.74) is 0. The van der Waals surface area contributed by atoms with E-state index in [-0.39, 0.29) is 47.9 Å². The quantitative estimate of drug-likeness (QED) is 0.209. The van der Waals surface area contributed by atoms with E-state index in [2.05, 4.69) is 42.5 Å². The van der Waals surface area contributed by atoms with Crippen molar-refractivity contribution in [3.05, 3.63) is 0 Å². The van der Waals surface area contributed by atoms with Crippen molar-refractivity contribution in [2.75, 3.05) is 0 Å². The summed E-state index contributed by atoms with van der Waals surface area (Å²) >= 11 is 0. The van der Waals surface area contributed by atoms with E-state index in [1.807, 2.05) is 0 Å². The average Bonchev–Trinajstić information content (AvgIpc) is 3.73. The minimum absolute atomic E-state index is 0. The van der Waals surface area contributed by atoms with E-state index in [1.165, 1.54) is 77.0 Å². The molecule has 10 heteroatoms. The van der Waals surface area contributed by atoms with Gasteiger partial charge in [0.25, 0.3) is 0 Å². The predicted octanol–water partition coefficient (Wildman–Crippen LogP) is 2.55. The van der Waals surface area contributed by atoms with Gasteiger partial charge in [-0.2, -0.15) is 0 Å². The Bertz CT molecular complexity index is 959. The van der Waals surface area contributed by atoms with Crippen molar-refractivity contribution in [1.29, 1.82) is 0 Å². The van der Waals surface area contributed by atoms with Gasteiger partial charge in [0, 0.05) is 23.3 Å². The smallest absolute Gasteiger partial charge is 0.106 e. The van der Waals surface area contributed by atoms with Gasteiger partial charge in [0.1, 0.15) is 6.17 Å². The van der Waals surface area contributed by atoms with E-state index in [9.17, 15) is 0 Å². The third-order valence-electron chi connectivity index (χ3n) is 13.8. The maximum atomic E-state index is 15.8. The fourth-order valence-electron chi connectivity index (χ4n) is 12.0. The topological polar surface area (TPSA) is 96.2 Å². The van der Waals surface area contributed by atoms with Crippen molar-refractivity contribution in [2.45, 2.75) is 152 Å². The Hall–Kier alpha value is 0.142. The van der Waals surface area contributed by atoms with E-state index in [0.29, 0.717) is 66.1 Å². The van der Waals surface area contributed by atoms with Crippen molar-refractivity contribution in [1.82, 2.24) is 42.5 Å². The van der Waals surface area contributed by atoms with E-state index in [1.54, 1.807) is 0 Å². The van der Waals surface area contributed by atoms with E-state index in [0.717, 1.165) is 19.3 Å². The molecular weight excluding hydrogens is 567 g/mol. The van der Waals surface area contributed by atoms with Crippen LogP contribution >= 0.6 is 0 Å². The molecule has 0 radical (unpaired) electrons. The van der Waals surface area contributed by atoms with Gasteiger partial charge in [0.05, 0.1) is 49.3 Å². The van der Waals surface area contributed by atoms with Crippen LogP contribution in [0, 0.1) is 47.3 Å². The first-order valence-corrected chi connectivity index (χ1v) is 17.9. The molecule has 236 valence electrons. The second-order valence-corrected chi connectivity index (χ2v) is 15.7. The second kappa shape index (κ2) is 12.1. The number of alkyl halides is 1. The molecule has 5 saturated heterocycles. The molecule has 5 aliphatic heterocycles. The van der Waals surface area contributed by atoms with Gasteiger partial charge in [0.15, 0.2) is 0 Å². The van der Waals surface area contributed by atoms with E-state index < -0.39 is 6.17 Å². The molecule has 17 unspecified atom stereocenters. The van der Waals surface area contributed by atoms with Crippen LogP contribution in [0.4, 0.5) is 4.39 Å². The van der Waals surface area contributed by atoms with Crippen LogP contribution in [0.25, 0.3) is 0 Å². The number of hydrogen-bond donors (Lipinski definition) is 8. The van der Waals surface area contributed by atoms with Crippen LogP contribution in [-0.4, -0.2) is 55.5 Å². The van der Waals surface area contributed by atoms with Gasteiger partial charge in [-0.1, -0.05) is 44.9 Å². The van der Waals surface area contributed by atoms with Gasteiger partial charge in [0.2, 0.25) is 0 Å². The molecule has 0 aromatic carbocycles. The third kappa shape index (κ3) is 4.98. The minimum atomic E-state index is -0.721. The fraction of sp³-hybridized carbons (Fsp3) is 1.00. The largest absolute Gasteiger partial charge is 0.286 e. The average molecular weight is 623 g/mol. The van der Waals surface area contributed by atoms with Crippen LogP contribution in [-0.2, 0) is 17.4 Å². The summed E-state index contributed by atoms with van der Waals surface area (Å²) in [6, 6.07) is 0. The summed E-state index contributed by atoms with van der Waals surface area (Å²) in [4.78, 5) is 0. The van der Waals surface area contributed by atoms with Gasteiger partial charge in [-0.3, -0.25) is 42.5 Å². The van der Waals surface area contributed by atoms with E-state index >= 15 is 4.39 Å². The van der Waals surface area contributed by atoms with Crippen LogP contribution < -0.4 is 42.5 Å². The molecule has 0 aromatic heterocycles. The molecule has 42 heavy (non-hydrogen) atoms. The van der Waals surface area contributed by atoms with Gasteiger partial charge in [-0.25, -0.2) is 4.39 Å². The fourth-order valence-corrected chi connectivity index (χ4v) is 12.0. The number of fused-ring (bicyclic) bond motifs is 20. The maximum absolute atomic E-state index is 15.8. The van der Waals surface area contributed by atoms with Crippen molar-refractivity contribution in [2.24, 2.45) is 47.3 Å². The summed E-state index contributed by atoms with van der Waals surface area (Å²) < 4.78 is 15.8. The normalized spacial score (nSPS) is 56.9. The number of nitrogens with one attached hydrogen (secondary N) is 8. The molecule has 9 rings (SSSR count). The number of rotatable bonds is 0. The molecule has 8 N–H and O–H groups in total. The van der Waals surface area contributed by atoms with Crippen LogP contribution in [0.2, 0.25) is 0 Å². The van der Waals surface area contributed by atoms with Crippen LogP contribution in [0.1, 0.15) is 96.3 Å². The number of halogens is 1. The predicted molar refractivity (Wildman–Crippen MR) is 157 cm³/mol. The molecule has 0 amide bonds. The van der Waals surface area contributed by atoms with Crippen LogP contribution in [0.15, 0.2) is 0 Å². The molecule has 4 aliphatic carbocycles. The molecule has 8 bridgehead atoms. The Balaban J connectivity index is 0.00000267. The summed E-state index contributed by atoms with van der Waals surface area (Å²) in [5, 5.41) is 32.9. The zero-order valence-corrected chi connectivity index (χ0v) is 26.5. The molecule has 9 aliphatic rings. The van der Waals surface area contributed by atoms with Crippen LogP contribution in [0.5, 0.6) is 0 Å². The molecule has 5 heterocycles. The first-order chi connectivity index (χ1) is 20.2. The Morgan fingerprint density at radius 1 is 0.310 bits per heavy atom. The molecular formula is C32H55CrFN8. The Morgan fingerprint density at radius 2 is 0.571 bits per heavy atom. The molecule has 4 saturated carbocycles. The first-order valence-electron chi connectivity index (χ1n) is 17.9. The summed E-state index contributed by atoms with van der Waals surface area (Å²) in [6.45, 7) is 0. The molecule has 8 nitrogen and oxygen atoms in total. The summed E-state index contributed by atoms with van der Waals surface area (Å²) in [5.74, 6) is 4.36. The number of hydrogen-bond acceptors (Lipinski definition) is 8.